The van der Waals surface area contributed by atoms with Gasteiger partial charge in [0.2, 0.25) is 11.7 Å². The molecule has 0 unspecified atom stereocenters. The Morgan fingerprint density at radius 2 is 1.94 bits per heavy atom. The monoisotopic (exact) mass is 471 g/mol. The molecule has 0 spiro atoms. The molecule has 0 aliphatic rings. The summed E-state index contributed by atoms with van der Waals surface area (Å²) >= 11 is 6.13. The highest BCUT2D eigenvalue weighted by molar-refractivity contribution is 6.31. The Labute approximate surface area is 193 Å². The SMILES string of the molecule is CC(C)CNC(=O)CCn1c(=O)c2ccccc2n2c(=O)n(Cc3ccc(F)cc3Cl)nc12. The first-order valence-corrected chi connectivity index (χ1v) is 11.0. The van der Waals surface area contributed by atoms with Crippen molar-refractivity contribution in [3.8, 4) is 0 Å². The van der Waals surface area contributed by atoms with Crippen molar-refractivity contribution in [2.45, 2.75) is 33.4 Å². The lowest BCUT2D eigenvalue weighted by molar-refractivity contribution is -0.121. The van der Waals surface area contributed by atoms with Crippen LogP contribution in [0.5, 0.6) is 0 Å². The van der Waals surface area contributed by atoms with Gasteiger partial charge in [0.15, 0.2) is 0 Å². The fourth-order valence-corrected chi connectivity index (χ4v) is 3.83. The molecule has 0 atom stereocenters. The van der Waals surface area contributed by atoms with E-state index in [1.807, 2.05) is 13.8 Å². The van der Waals surface area contributed by atoms with E-state index in [9.17, 15) is 18.8 Å². The van der Waals surface area contributed by atoms with Crippen molar-refractivity contribution in [2.24, 2.45) is 5.92 Å². The molecule has 0 radical (unpaired) electrons. The number of fused-ring (bicyclic) bond motifs is 3. The normalized spacial score (nSPS) is 11.5. The number of nitrogens with one attached hydrogen (secondary N) is 1. The van der Waals surface area contributed by atoms with E-state index in [-0.39, 0.29) is 41.8 Å². The Morgan fingerprint density at radius 1 is 1.18 bits per heavy atom. The van der Waals surface area contributed by atoms with Gasteiger partial charge in [0, 0.05) is 24.5 Å². The van der Waals surface area contributed by atoms with Crippen LogP contribution in [0.15, 0.2) is 52.1 Å². The minimum atomic E-state index is -0.485. The summed E-state index contributed by atoms with van der Waals surface area (Å²) in [4.78, 5) is 38.7. The number of para-hydroxylation sites is 1. The number of halogens is 2. The zero-order valence-corrected chi connectivity index (χ0v) is 19.0. The summed E-state index contributed by atoms with van der Waals surface area (Å²) in [5, 5.41) is 7.71. The molecule has 0 bridgehead atoms. The van der Waals surface area contributed by atoms with Crippen molar-refractivity contribution < 1.29 is 9.18 Å². The van der Waals surface area contributed by atoms with Gasteiger partial charge in [0.25, 0.3) is 5.56 Å². The number of rotatable bonds is 7. The Morgan fingerprint density at radius 3 is 2.67 bits per heavy atom. The molecule has 172 valence electrons. The highest BCUT2D eigenvalue weighted by Crippen LogP contribution is 2.18. The van der Waals surface area contributed by atoms with Gasteiger partial charge in [-0.05, 0) is 35.7 Å². The second kappa shape index (κ2) is 9.19. The summed E-state index contributed by atoms with van der Waals surface area (Å²) < 4.78 is 17.3. The summed E-state index contributed by atoms with van der Waals surface area (Å²) in [5.41, 5.74) is 0.112. The number of carbonyl (C=O) groups is 1. The van der Waals surface area contributed by atoms with E-state index in [0.717, 1.165) is 0 Å². The van der Waals surface area contributed by atoms with Crippen LogP contribution in [0.1, 0.15) is 25.8 Å². The van der Waals surface area contributed by atoms with Gasteiger partial charge in [-0.2, -0.15) is 0 Å². The van der Waals surface area contributed by atoms with Crippen molar-refractivity contribution >= 4 is 34.2 Å². The van der Waals surface area contributed by atoms with Crippen LogP contribution in [-0.2, 0) is 17.9 Å². The molecule has 1 N–H and O–H groups in total. The fourth-order valence-electron chi connectivity index (χ4n) is 3.60. The molecule has 0 aliphatic heterocycles. The van der Waals surface area contributed by atoms with E-state index in [2.05, 4.69) is 10.4 Å². The maximum Gasteiger partial charge on any atom is 0.352 e. The van der Waals surface area contributed by atoms with Gasteiger partial charge >= 0.3 is 5.69 Å². The molecule has 8 nitrogen and oxygen atoms in total. The minimum absolute atomic E-state index is 0.00296. The number of hydrogen-bond acceptors (Lipinski definition) is 4. The first kappa shape index (κ1) is 22.7. The standard InChI is InChI=1S/C23H23ClFN5O3/c1-14(2)12-26-20(31)9-10-28-21(32)17-5-3-4-6-19(17)30-22(28)27-29(23(30)33)13-15-7-8-16(25)11-18(15)24/h3-8,11,14H,9-10,12-13H2,1-2H3,(H,26,31). The highest BCUT2D eigenvalue weighted by Gasteiger charge is 2.18. The lowest BCUT2D eigenvalue weighted by Gasteiger charge is -2.10. The first-order chi connectivity index (χ1) is 15.8. The summed E-state index contributed by atoms with van der Waals surface area (Å²) in [6.45, 7) is 4.57. The number of hydrogen-bond donors (Lipinski definition) is 1. The zero-order valence-electron chi connectivity index (χ0n) is 18.2. The van der Waals surface area contributed by atoms with Crippen LogP contribution in [-0.4, -0.2) is 31.2 Å². The molecule has 0 aliphatic carbocycles. The number of carbonyl (C=O) groups excluding carboxylic acids is 1. The van der Waals surface area contributed by atoms with Gasteiger partial charge in [-0.1, -0.05) is 43.6 Å². The molecular formula is C23H23ClFN5O3. The smallest absolute Gasteiger partial charge is 0.352 e. The topological polar surface area (TPSA) is 90.4 Å². The Kier molecular flexibility index (Phi) is 6.33. The number of benzene rings is 2. The summed E-state index contributed by atoms with van der Waals surface area (Å²) in [5.74, 6) is -0.251. The average molecular weight is 472 g/mol. The van der Waals surface area contributed by atoms with E-state index in [0.29, 0.717) is 28.9 Å². The molecule has 1 amide bonds. The minimum Gasteiger partial charge on any atom is -0.356 e. The first-order valence-electron chi connectivity index (χ1n) is 10.6. The lowest BCUT2D eigenvalue weighted by atomic mass is 10.2. The number of amides is 1. The second-order valence-electron chi connectivity index (χ2n) is 8.23. The molecule has 0 saturated carbocycles. The average Bonchev–Trinajstić information content (AvgIpc) is 3.10. The van der Waals surface area contributed by atoms with Crippen LogP contribution >= 0.6 is 11.6 Å². The van der Waals surface area contributed by atoms with E-state index >= 15 is 0 Å². The largest absolute Gasteiger partial charge is 0.356 e. The van der Waals surface area contributed by atoms with Crippen LogP contribution in [0.4, 0.5) is 4.39 Å². The molecule has 2 aromatic heterocycles. The lowest BCUT2D eigenvalue weighted by Crippen LogP contribution is -2.31. The summed E-state index contributed by atoms with van der Waals surface area (Å²) in [7, 11) is 0. The molecule has 2 aromatic carbocycles. The predicted octanol–water partition coefficient (Wildman–Crippen LogP) is 2.81. The van der Waals surface area contributed by atoms with Gasteiger partial charge in [0.05, 0.1) is 17.4 Å². The van der Waals surface area contributed by atoms with Crippen LogP contribution in [0.25, 0.3) is 16.7 Å². The van der Waals surface area contributed by atoms with E-state index in [4.69, 9.17) is 11.6 Å². The maximum atomic E-state index is 13.4. The van der Waals surface area contributed by atoms with Crippen molar-refractivity contribution in [3.63, 3.8) is 0 Å². The molecule has 10 heteroatoms. The van der Waals surface area contributed by atoms with Crippen LogP contribution in [0, 0.1) is 11.7 Å². The van der Waals surface area contributed by atoms with Crippen LogP contribution in [0.2, 0.25) is 5.02 Å². The van der Waals surface area contributed by atoms with Crippen molar-refractivity contribution in [2.75, 3.05) is 6.54 Å². The predicted molar refractivity (Wildman–Crippen MR) is 124 cm³/mol. The van der Waals surface area contributed by atoms with Crippen LogP contribution < -0.4 is 16.6 Å². The van der Waals surface area contributed by atoms with Crippen molar-refractivity contribution in [3.05, 3.63) is 79.7 Å². The summed E-state index contributed by atoms with van der Waals surface area (Å²) in [6.07, 6.45) is 0.0610. The molecule has 2 heterocycles. The summed E-state index contributed by atoms with van der Waals surface area (Å²) in [6, 6.07) is 10.6. The molecule has 4 rings (SSSR count). The van der Waals surface area contributed by atoms with Gasteiger partial charge in [-0.3, -0.25) is 14.2 Å². The maximum absolute atomic E-state index is 13.4. The highest BCUT2D eigenvalue weighted by atomic mass is 35.5. The fraction of sp³-hybridized carbons (Fsp3) is 0.304. The van der Waals surface area contributed by atoms with E-state index in [1.165, 1.54) is 31.8 Å². The Hall–Kier alpha value is -3.46. The number of aromatic nitrogens is 4. The van der Waals surface area contributed by atoms with Crippen LogP contribution in [0.3, 0.4) is 0 Å². The third-order valence-electron chi connectivity index (χ3n) is 5.29. The van der Waals surface area contributed by atoms with Gasteiger partial charge < -0.3 is 5.32 Å². The molecule has 33 heavy (non-hydrogen) atoms. The van der Waals surface area contributed by atoms with Gasteiger partial charge in [0.1, 0.15) is 5.82 Å². The molecular weight excluding hydrogens is 449 g/mol. The van der Waals surface area contributed by atoms with Gasteiger partial charge in [-0.25, -0.2) is 18.3 Å². The Bertz CT molecular complexity index is 1470. The second-order valence-corrected chi connectivity index (χ2v) is 8.64. The molecule has 4 aromatic rings. The van der Waals surface area contributed by atoms with Crippen molar-refractivity contribution in [1.29, 1.82) is 0 Å². The number of aryl methyl sites for hydroxylation is 1. The van der Waals surface area contributed by atoms with E-state index in [1.54, 1.807) is 24.3 Å². The Balaban J connectivity index is 1.80. The molecule has 0 fully saturated rings. The zero-order chi connectivity index (χ0) is 23.7. The molecule has 0 saturated heterocycles. The quantitative estimate of drug-likeness (QED) is 0.449. The van der Waals surface area contributed by atoms with Crippen molar-refractivity contribution in [1.82, 2.24) is 24.1 Å². The van der Waals surface area contributed by atoms with E-state index < -0.39 is 11.5 Å². The van der Waals surface area contributed by atoms with Gasteiger partial charge in [-0.15, -0.1) is 5.10 Å². The number of nitrogens with zero attached hydrogens (tertiary/aromatic N) is 4. The third-order valence-corrected chi connectivity index (χ3v) is 5.64. The third kappa shape index (κ3) is 4.54.